The van der Waals surface area contributed by atoms with Crippen LogP contribution in [-0.2, 0) is 43.5 Å². The molecule has 0 bridgehead atoms. The Morgan fingerprint density at radius 3 is 1.93 bits per heavy atom. The molecule has 0 aromatic heterocycles. The van der Waals surface area contributed by atoms with Crippen LogP contribution < -0.4 is 4.74 Å². The van der Waals surface area contributed by atoms with Gasteiger partial charge < -0.3 is 23.0 Å². The highest BCUT2D eigenvalue weighted by Gasteiger charge is 2.39. The lowest BCUT2D eigenvalue weighted by Gasteiger charge is -2.32. The monoisotopic (exact) mass is 665 g/mol. The molecule has 1 aliphatic heterocycles. The minimum absolute atomic E-state index is 0.0362. The predicted octanol–water partition coefficient (Wildman–Crippen LogP) is 9.73. The first-order valence-corrected chi connectivity index (χ1v) is 15.7. The minimum atomic E-state index is -4.66. The second-order valence-electron chi connectivity index (χ2n) is 13.0. The fraction of sp³-hybridized carbons (Fsp3) is 0.594. The zero-order chi connectivity index (χ0) is 33.7. The highest BCUT2D eigenvalue weighted by Crippen LogP contribution is 2.48. The van der Waals surface area contributed by atoms with E-state index in [1.165, 1.54) is 18.2 Å². The van der Waals surface area contributed by atoms with Crippen molar-refractivity contribution in [3.05, 3.63) is 64.7 Å². The lowest BCUT2D eigenvalue weighted by Crippen LogP contribution is -2.35. The average Bonchev–Trinajstić information content (AvgIpc) is 3.27. The van der Waals surface area contributed by atoms with E-state index in [9.17, 15) is 26.3 Å². The Kier molecular flexibility index (Phi) is 12.0. The molecule has 252 valence electrons. The number of halogens is 6. The number of ether oxygens (including phenoxy) is 2. The molecule has 1 unspecified atom stereocenters. The third kappa shape index (κ3) is 12.4. The fourth-order valence-electron chi connectivity index (χ4n) is 4.38. The number of benzene rings is 2. The Bertz CT molecular complexity index is 1270. The maximum absolute atomic E-state index is 14.0. The summed E-state index contributed by atoms with van der Waals surface area (Å²) in [5, 5.41) is 0. The van der Waals surface area contributed by atoms with Crippen molar-refractivity contribution in [1.29, 1.82) is 0 Å². The van der Waals surface area contributed by atoms with Crippen LogP contribution in [0, 0.1) is 0 Å². The molecule has 1 heterocycles. The third-order valence-electron chi connectivity index (χ3n) is 6.46. The Balaban J connectivity index is 1.65. The Labute approximate surface area is 262 Å². The van der Waals surface area contributed by atoms with Crippen molar-refractivity contribution < 1.29 is 49.4 Å². The molecule has 13 heteroatoms. The van der Waals surface area contributed by atoms with Gasteiger partial charge in [0.2, 0.25) is 0 Å². The van der Waals surface area contributed by atoms with Crippen molar-refractivity contribution in [3.8, 4) is 5.75 Å². The summed E-state index contributed by atoms with van der Waals surface area (Å²) in [6.07, 6.45) is -7.80. The maximum Gasteiger partial charge on any atom is 0.419 e. The SMILES string of the molecule is CC1=NC(CCc2ccc(OCCCc3ccc(C(F)(F)F)cc3)c(C(F)(F)F)c2)(COP(OC(C)(C)C)OC(C)(C)C)CO1. The molecule has 0 amide bonds. The van der Waals surface area contributed by atoms with E-state index in [0.717, 1.165) is 18.2 Å². The van der Waals surface area contributed by atoms with Crippen molar-refractivity contribution in [2.45, 2.75) is 103 Å². The zero-order valence-electron chi connectivity index (χ0n) is 26.7. The molecular formula is C32H42F6NO5P. The summed E-state index contributed by atoms with van der Waals surface area (Å²) in [5.41, 5.74) is -2.48. The van der Waals surface area contributed by atoms with Crippen LogP contribution in [0.4, 0.5) is 26.3 Å². The Morgan fingerprint density at radius 2 is 1.42 bits per heavy atom. The normalized spacial score (nSPS) is 17.9. The van der Waals surface area contributed by atoms with Gasteiger partial charge in [0.25, 0.3) is 0 Å². The highest BCUT2D eigenvalue weighted by molar-refractivity contribution is 7.41. The minimum Gasteiger partial charge on any atom is -0.493 e. The molecule has 6 nitrogen and oxygen atoms in total. The first kappa shape index (κ1) is 37.1. The van der Waals surface area contributed by atoms with Gasteiger partial charge in [0, 0.05) is 6.92 Å². The van der Waals surface area contributed by atoms with Gasteiger partial charge in [-0.2, -0.15) is 26.3 Å². The molecule has 0 saturated heterocycles. The first-order chi connectivity index (χ1) is 20.6. The van der Waals surface area contributed by atoms with Gasteiger partial charge in [-0.15, -0.1) is 0 Å². The molecule has 0 aliphatic carbocycles. The zero-order valence-corrected chi connectivity index (χ0v) is 27.6. The lowest BCUT2D eigenvalue weighted by molar-refractivity contribution is -0.139. The van der Waals surface area contributed by atoms with Crippen molar-refractivity contribution in [3.63, 3.8) is 0 Å². The third-order valence-corrected chi connectivity index (χ3v) is 8.19. The van der Waals surface area contributed by atoms with Crippen LogP contribution in [0.15, 0.2) is 47.5 Å². The van der Waals surface area contributed by atoms with Crippen LogP contribution in [0.3, 0.4) is 0 Å². The van der Waals surface area contributed by atoms with Gasteiger partial charge in [0.05, 0.1) is 35.5 Å². The smallest absolute Gasteiger partial charge is 0.419 e. The highest BCUT2D eigenvalue weighted by atomic mass is 31.2. The molecule has 0 radical (unpaired) electrons. The first-order valence-electron chi connectivity index (χ1n) is 14.6. The molecule has 0 spiro atoms. The lowest BCUT2D eigenvalue weighted by atomic mass is 9.93. The standard InChI is InChI=1S/C32H42F6NO5P/c1-22-39-30(20-41-22,21-42-45(43-28(2,3)4)44-29(5,6)7)17-16-24-12-15-27(26(19-24)32(36,37)38)40-18-8-9-23-10-13-25(14-11-23)31(33,34)35/h10-15,19H,8-9,16-18,20-21H2,1-7H3. The Morgan fingerprint density at radius 1 is 0.822 bits per heavy atom. The number of nitrogens with zero attached hydrogens (tertiary/aromatic N) is 1. The molecule has 0 saturated carbocycles. The quantitative estimate of drug-likeness (QED) is 0.121. The maximum atomic E-state index is 14.0. The molecular weight excluding hydrogens is 623 g/mol. The van der Waals surface area contributed by atoms with E-state index in [1.54, 1.807) is 13.0 Å². The average molecular weight is 666 g/mol. The molecule has 1 atom stereocenters. The van der Waals surface area contributed by atoms with Crippen LogP contribution in [0.5, 0.6) is 5.75 Å². The number of alkyl halides is 6. The molecule has 2 aromatic rings. The molecule has 3 rings (SSSR count). The van der Waals surface area contributed by atoms with E-state index in [-0.39, 0.29) is 32.0 Å². The van der Waals surface area contributed by atoms with Crippen LogP contribution >= 0.6 is 8.60 Å². The van der Waals surface area contributed by atoms with Gasteiger partial charge in [-0.25, -0.2) is 4.99 Å². The number of aliphatic imine (C=N–C) groups is 1. The van der Waals surface area contributed by atoms with Gasteiger partial charge >= 0.3 is 21.0 Å². The van der Waals surface area contributed by atoms with Crippen LogP contribution in [0.25, 0.3) is 0 Å². The summed E-state index contributed by atoms with van der Waals surface area (Å²) in [6.45, 7) is 13.3. The van der Waals surface area contributed by atoms with Crippen molar-refractivity contribution in [1.82, 2.24) is 0 Å². The molecule has 2 aromatic carbocycles. The largest absolute Gasteiger partial charge is 0.493 e. The molecule has 0 N–H and O–H groups in total. The van der Waals surface area contributed by atoms with E-state index in [1.807, 2.05) is 41.5 Å². The number of hydrogen-bond acceptors (Lipinski definition) is 6. The van der Waals surface area contributed by atoms with E-state index < -0.39 is 48.8 Å². The van der Waals surface area contributed by atoms with Crippen molar-refractivity contribution in [2.24, 2.45) is 4.99 Å². The van der Waals surface area contributed by atoms with Gasteiger partial charge in [0.15, 0.2) is 5.90 Å². The topological polar surface area (TPSA) is 58.5 Å². The predicted molar refractivity (Wildman–Crippen MR) is 161 cm³/mol. The van der Waals surface area contributed by atoms with Crippen LogP contribution in [0.2, 0.25) is 0 Å². The number of rotatable bonds is 13. The second-order valence-corrected chi connectivity index (χ2v) is 14.1. The molecule has 1 aliphatic rings. The van der Waals surface area contributed by atoms with E-state index in [2.05, 4.69) is 4.99 Å². The van der Waals surface area contributed by atoms with Crippen LogP contribution in [-0.4, -0.2) is 42.5 Å². The summed E-state index contributed by atoms with van der Waals surface area (Å²) >= 11 is 0. The summed E-state index contributed by atoms with van der Waals surface area (Å²) in [6, 6.07) is 8.63. The summed E-state index contributed by atoms with van der Waals surface area (Å²) < 4.78 is 110. The molecule has 0 fully saturated rings. The van der Waals surface area contributed by atoms with Gasteiger partial charge in [0.1, 0.15) is 17.9 Å². The summed E-state index contributed by atoms with van der Waals surface area (Å²) in [4.78, 5) is 4.65. The fourth-order valence-corrected chi connectivity index (χ4v) is 5.76. The number of hydrogen-bond donors (Lipinski definition) is 0. The van der Waals surface area contributed by atoms with Gasteiger partial charge in [-0.1, -0.05) is 18.2 Å². The van der Waals surface area contributed by atoms with Gasteiger partial charge in [-0.05, 0) is 103 Å². The van der Waals surface area contributed by atoms with Crippen molar-refractivity contribution in [2.75, 3.05) is 19.8 Å². The molecule has 45 heavy (non-hydrogen) atoms. The van der Waals surface area contributed by atoms with E-state index in [4.69, 9.17) is 23.0 Å². The Hall–Kier alpha value is -2.40. The van der Waals surface area contributed by atoms with E-state index >= 15 is 0 Å². The number of aryl methyl sites for hydroxylation is 2. The van der Waals surface area contributed by atoms with Crippen LogP contribution in [0.1, 0.15) is 83.6 Å². The summed E-state index contributed by atoms with van der Waals surface area (Å²) in [7, 11) is -1.75. The summed E-state index contributed by atoms with van der Waals surface area (Å²) in [5.74, 6) is 0.159. The van der Waals surface area contributed by atoms with Gasteiger partial charge in [-0.3, -0.25) is 0 Å². The van der Waals surface area contributed by atoms with E-state index in [0.29, 0.717) is 36.3 Å². The second kappa shape index (κ2) is 14.6. The van der Waals surface area contributed by atoms with Crippen molar-refractivity contribution >= 4 is 14.5 Å².